The van der Waals surface area contributed by atoms with Crippen LogP contribution in [0.1, 0.15) is 42.1 Å². The van der Waals surface area contributed by atoms with Crippen molar-refractivity contribution in [2.45, 2.75) is 44.0 Å². The summed E-state index contributed by atoms with van der Waals surface area (Å²) in [6.45, 7) is 8.72. The number of sulfonamides is 1. The highest BCUT2D eigenvalue weighted by molar-refractivity contribution is 7.89. The first kappa shape index (κ1) is 19.2. The molecule has 1 unspecified atom stereocenters. The quantitative estimate of drug-likeness (QED) is 0.781. The van der Waals surface area contributed by atoms with Gasteiger partial charge in [-0.1, -0.05) is 50.2 Å². The molecular formula is C22H26N2O3S. The lowest BCUT2D eigenvalue weighted by Crippen LogP contribution is -2.58. The average molecular weight is 399 g/mol. The zero-order valence-corrected chi connectivity index (χ0v) is 17.6. The van der Waals surface area contributed by atoms with Crippen LogP contribution in [-0.4, -0.2) is 43.2 Å². The van der Waals surface area contributed by atoms with E-state index < -0.39 is 10.0 Å². The first-order valence-corrected chi connectivity index (χ1v) is 11.0. The van der Waals surface area contributed by atoms with E-state index in [-0.39, 0.29) is 35.3 Å². The van der Waals surface area contributed by atoms with E-state index in [9.17, 15) is 13.2 Å². The van der Waals surface area contributed by atoms with Crippen molar-refractivity contribution >= 4 is 15.9 Å². The molecule has 5 nitrogen and oxygen atoms in total. The monoisotopic (exact) mass is 398 g/mol. The molecule has 0 N–H and O–H groups in total. The number of benzene rings is 2. The van der Waals surface area contributed by atoms with Gasteiger partial charge in [0.2, 0.25) is 15.9 Å². The molecule has 0 aromatic heterocycles. The van der Waals surface area contributed by atoms with Gasteiger partial charge in [0.15, 0.2) is 0 Å². The molecule has 0 radical (unpaired) electrons. The number of hydrogen-bond donors (Lipinski definition) is 0. The second-order valence-corrected chi connectivity index (χ2v) is 10.5. The maximum Gasteiger partial charge on any atom is 0.243 e. The van der Waals surface area contributed by atoms with Crippen LogP contribution >= 0.6 is 0 Å². The molecule has 6 heteroatoms. The van der Waals surface area contributed by atoms with E-state index in [0.29, 0.717) is 12.1 Å². The molecule has 1 saturated heterocycles. The summed E-state index contributed by atoms with van der Waals surface area (Å²) in [6, 6.07) is 13.2. The number of piperazine rings is 1. The number of carbonyl (C=O) groups excluding carboxylic acids is 1. The Labute approximate surface area is 167 Å². The zero-order valence-electron chi connectivity index (χ0n) is 16.8. The standard InChI is InChI=1S/C22H26N2O3S/c1-15-9-10-16(2)20(11-15)28(26,27)23-12-19-17-7-5-6-8-18(17)22(3,4)14-24(19)21(25)13-23/h5-11,19H,12-14H2,1-4H3. The number of rotatable bonds is 2. The molecule has 0 aliphatic carbocycles. The third kappa shape index (κ3) is 2.95. The highest BCUT2D eigenvalue weighted by atomic mass is 32.2. The summed E-state index contributed by atoms with van der Waals surface area (Å²) in [5.74, 6) is -0.132. The topological polar surface area (TPSA) is 57.7 Å². The molecule has 0 saturated carbocycles. The highest BCUT2D eigenvalue weighted by Crippen LogP contribution is 2.42. The number of amides is 1. The minimum atomic E-state index is -3.74. The van der Waals surface area contributed by atoms with Crippen LogP contribution in [0.2, 0.25) is 0 Å². The van der Waals surface area contributed by atoms with Gasteiger partial charge < -0.3 is 4.90 Å². The van der Waals surface area contributed by atoms with Crippen LogP contribution in [0.5, 0.6) is 0 Å². The van der Waals surface area contributed by atoms with Gasteiger partial charge in [0.05, 0.1) is 17.5 Å². The van der Waals surface area contributed by atoms with Gasteiger partial charge in [0.1, 0.15) is 0 Å². The van der Waals surface area contributed by atoms with Crippen LogP contribution in [0.3, 0.4) is 0 Å². The summed E-state index contributed by atoms with van der Waals surface area (Å²) in [5.41, 5.74) is 3.67. The Kier molecular flexibility index (Phi) is 4.39. The lowest BCUT2D eigenvalue weighted by Gasteiger charge is -2.49. The Balaban J connectivity index is 1.77. The van der Waals surface area contributed by atoms with E-state index in [1.54, 1.807) is 13.0 Å². The van der Waals surface area contributed by atoms with Gasteiger partial charge >= 0.3 is 0 Å². The van der Waals surface area contributed by atoms with Crippen LogP contribution in [0.4, 0.5) is 0 Å². The minimum absolute atomic E-state index is 0.107. The molecule has 2 aromatic carbocycles. The summed E-state index contributed by atoms with van der Waals surface area (Å²) in [6.07, 6.45) is 0. The second kappa shape index (κ2) is 6.42. The van der Waals surface area contributed by atoms with E-state index in [1.807, 2.05) is 42.2 Å². The van der Waals surface area contributed by atoms with Gasteiger partial charge in [-0.2, -0.15) is 4.31 Å². The Hall–Kier alpha value is -2.18. The fourth-order valence-corrected chi connectivity index (χ4v) is 6.16. The molecule has 28 heavy (non-hydrogen) atoms. The molecule has 1 fully saturated rings. The fraction of sp³-hybridized carbons (Fsp3) is 0.409. The van der Waals surface area contributed by atoms with Crippen molar-refractivity contribution < 1.29 is 13.2 Å². The van der Waals surface area contributed by atoms with Gasteiger partial charge in [-0.3, -0.25) is 4.79 Å². The van der Waals surface area contributed by atoms with Gasteiger partial charge in [0, 0.05) is 18.5 Å². The van der Waals surface area contributed by atoms with Crippen LogP contribution in [0.25, 0.3) is 0 Å². The van der Waals surface area contributed by atoms with E-state index in [1.165, 1.54) is 9.87 Å². The fourth-order valence-electron chi connectivity index (χ4n) is 4.46. The molecule has 0 spiro atoms. The van der Waals surface area contributed by atoms with Crippen molar-refractivity contribution in [2.24, 2.45) is 0 Å². The molecule has 2 heterocycles. The predicted molar refractivity (Wildman–Crippen MR) is 109 cm³/mol. The summed E-state index contributed by atoms with van der Waals surface area (Å²) in [5, 5.41) is 0. The first-order chi connectivity index (χ1) is 13.1. The smallest absolute Gasteiger partial charge is 0.243 e. The van der Waals surface area contributed by atoms with E-state index in [0.717, 1.165) is 11.1 Å². The van der Waals surface area contributed by atoms with Crippen molar-refractivity contribution in [1.82, 2.24) is 9.21 Å². The molecule has 2 aliphatic heterocycles. The Morgan fingerprint density at radius 3 is 2.54 bits per heavy atom. The van der Waals surface area contributed by atoms with Gasteiger partial charge in [-0.25, -0.2) is 8.42 Å². The summed E-state index contributed by atoms with van der Waals surface area (Å²) in [4.78, 5) is 15.1. The van der Waals surface area contributed by atoms with Crippen molar-refractivity contribution in [1.29, 1.82) is 0 Å². The van der Waals surface area contributed by atoms with Crippen LogP contribution in [0, 0.1) is 13.8 Å². The van der Waals surface area contributed by atoms with Crippen molar-refractivity contribution in [3.63, 3.8) is 0 Å². The Morgan fingerprint density at radius 2 is 1.79 bits per heavy atom. The van der Waals surface area contributed by atoms with Crippen molar-refractivity contribution in [2.75, 3.05) is 19.6 Å². The SMILES string of the molecule is Cc1ccc(C)c(S(=O)(=O)N2CC(=O)N3CC(C)(C)c4ccccc4C3C2)c1. The molecule has 1 atom stereocenters. The lowest BCUT2D eigenvalue weighted by atomic mass is 9.75. The summed E-state index contributed by atoms with van der Waals surface area (Å²) >= 11 is 0. The Morgan fingerprint density at radius 1 is 1.07 bits per heavy atom. The third-order valence-electron chi connectivity index (χ3n) is 5.96. The highest BCUT2D eigenvalue weighted by Gasteiger charge is 2.46. The normalized spacial score (nSPS) is 21.9. The zero-order chi connectivity index (χ0) is 20.3. The molecule has 2 aromatic rings. The molecule has 2 aliphatic rings. The second-order valence-electron chi connectivity index (χ2n) is 8.58. The van der Waals surface area contributed by atoms with E-state index in [4.69, 9.17) is 0 Å². The first-order valence-electron chi connectivity index (χ1n) is 9.57. The number of aryl methyl sites for hydroxylation is 2. The van der Waals surface area contributed by atoms with E-state index >= 15 is 0 Å². The summed E-state index contributed by atoms with van der Waals surface area (Å²) in [7, 11) is -3.74. The van der Waals surface area contributed by atoms with Crippen LogP contribution in [-0.2, 0) is 20.2 Å². The lowest BCUT2D eigenvalue weighted by molar-refractivity contribution is -0.139. The molecular weight excluding hydrogens is 372 g/mol. The van der Waals surface area contributed by atoms with Crippen LogP contribution in [0.15, 0.2) is 47.4 Å². The predicted octanol–water partition coefficient (Wildman–Crippen LogP) is 3.17. The maximum atomic E-state index is 13.4. The molecule has 4 rings (SSSR count). The number of hydrogen-bond acceptors (Lipinski definition) is 3. The van der Waals surface area contributed by atoms with Gasteiger partial charge in [0.25, 0.3) is 0 Å². The molecule has 0 bridgehead atoms. The van der Waals surface area contributed by atoms with Gasteiger partial charge in [-0.05, 0) is 42.2 Å². The molecule has 1 amide bonds. The van der Waals surface area contributed by atoms with E-state index in [2.05, 4.69) is 19.9 Å². The molecule has 148 valence electrons. The summed E-state index contributed by atoms with van der Waals surface area (Å²) < 4.78 is 28.1. The van der Waals surface area contributed by atoms with Crippen molar-refractivity contribution in [3.05, 3.63) is 64.7 Å². The number of carbonyl (C=O) groups is 1. The number of fused-ring (bicyclic) bond motifs is 3. The Bertz CT molecular complexity index is 1060. The van der Waals surface area contributed by atoms with Crippen molar-refractivity contribution in [3.8, 4) is 0 Å². The average Bonchev–Trinajstić information content (AvgIpc) is 2.64. The largest absolute Gasteiger partial charge is 0.332 e. The van der Waals surface area contributed by atoms with Gasteiger partial charge in [-0.15, -0.1) is 0 Å². The number of nitrogens with zero attached hydrogens (tertiary/aromatic N) is 2. The minimum Gasteiger partial charge on any atom is -0.332 e. The third-order valence-corrected chi connectivity index (χ3v) is 7.91. The maximum absolute atomic E-state index is 13.4. The van der Waals surface area contributed by atoms with Crippen LogP contribution < -0.4 is 0 Å².